The molecule has 1 N–H and O–H groups in total. The average molecular weight is 475 g/mol. The molecule has 0 fully saturated rings. The molecule has 3 aromatic rings. The predicted octanol–water partition coefficient (Wildman–Crippen LogP) is 5.49. The fourth-order valence-corrected chi connectivity index (χ4v) is 4.50. The molecule has 8 heteroatoms. The van der Waals surface area contributed by atoms with E-state index in [1.807, 2.05) is 38.3 Å². The number of hydrogen-bond acceptors (Lipinski definition) is 6. The molecule has 34 heavy (non-hydrogen) atoms. The standard InChI is InChI=1S/C26H23ClN4O3/c1-3-33-25-20-8-9-28-11-12-31(20)21-14-18(19-6-5-17(27)15-30-19)23(26(24(21)25)34-4-2)16-7-10-29-22(32)13-16/h5-15,25H,3-4H2,1-2H3,(H,29,32). The summed E-state index contributed by atoms with van der Waals surface area (Å²) in [5.41, 5.74) is 5.59. The van der Waals surface area contributed by atoms with E-state index in [1.54, 1.807) is 36.9 Å². The van der Waals surface area contributed by atoms with Crippen molar-refractivity contribution >= 4 is 23.5 Å². The largest absolute Gasteiger partial charge is 0.493 e. The van der Waals surface area contributed by atoms with Crippen LogP contribution in [0.4, 0.5) is 5.69 Å². The van der Waals surface area contributed by atoms with Crippen LogP contribution in [0.15, 0.2) is 76.7 Å². The van der Waals surface area contributed by atoms with Crippen molar-refractivity contribution in [3.8, 4) is 28.1 Å². The third-order valence-electron chi connectivity index (χ3n) is 5.69. The van der Waals surface area contributed by atoms with Crippen LogP contribution in [0.5, 0.6) is 5.75 Å². The molecule has 1 aromatic carbocycles. The van der Waals surface area contributed by atoms with Gasteiger partial charge in [-0.05, 0) is 49.8 Å². The molecule has 0 aliphatic carbocycles. The lowest BCUT2D eigenvalue weighted by molar-refractivity contribution is 0.0900. The monoisotopic (exact) mass is 474 g/mol. The maximum atomic E-state index is 12.3. The predicted molar refractivity (Wildman–Crippen MR) is 134 cm³/mol. The van der Waals surface area contributed by atoms with E-state index in [2.05, 4.69) is 25.9 Å². The number of rotatable bonds is 6. The number of aromatic amines is 1. The second-order valence-electron chi connectivity index (χ2n) is 7.69. The number of fused-ring (bicyclic) bond motifs is 3. The van der Waals surface area contributed by atoms with Crippen LogP contribution in [0.2, 0.25) is 5.02 Å². The lowest BCUT2D eigenvalue weighted by Crippen LogP contribution is -2.13. The van der Waals surface area contributed by atoms with Gasteiger partial charge in [0.1, 0.15) is 11.9 Å². The number of H-pyrrole nitrogens is 1. The molecule has 2 aliphatic heterocycles. The first-order valence-electron chi connectivity index (χ1n) is 11.1. The number of nitrogens with zero attached hydrogens (tertiary/aromatic N) is 3. The zero-order chi connectivity index (χ0) is 23.7. The Balaban J connectivity index is 1.88. The minimum absolute atomic E-state index is 0.201. The number of hydrogen-bond donors (Lipinski definition) is 1. The molecule has 4 heterocycles. The summed E-state index contributed by atoms with van der Waals surface area (Å²) in [6.45, 7) is 4.86. The summed E-state index contributed by atoms with van der Waals surface area (Å²) in [6.07, 6.45) is 10.2. The van der Waals surface area contributed by atoms with Crippen molar-refractivity contribution in [2.75, 3.05) is 18.1 Å². The molecule has 0 amide bonds. The van der Waals surface area contributed by atoms with E-state index < -0.39 is 0 Å². The van der Waals surface area contributed by atoms with Gasteiger partial charge in [0, 0.05) is 54.8 Å². The van der Waals surface area contributed by atoms with Crippen LogP contribution in [0.25, 0.3) is 22.4 Å². The highest BCUT2D eigenvalue weighted by molar-refractivity contribution is 6.30. The Hall–Kier alpha value is -3.68. The molecule has 0 radical (unpaired) electrons. The molecule has 1 atom stereocenters. The highest BCUT2D eigenvalue weighted by Crippen LogP contribution is 2.55. The van der Waals surface area contributed by atoms with E-state index in [4.69, 9.17) is 21.1 Å². The van der Waals surface area contributed by atoms with Gasteiger partial charge in [-0.1, -0.05) is 11.6 Å². The van der Waals surface area contributed by atoms with Crippen LogP contribution in [-0.4, -0.2) is 29.4 Å². The molecule has 2 aliphatic rings. The van der Waals surface area contributed by atoms with Gasteiger partial charge in [0.05, 0.1) is 34.3 Å². The first-order valence-corrected chi connectivity index (χ1v) is 11.5. The van der Waals surface area contributed by atoms with E-state index in [9.17, 15) is 4.79 Å². The zero-order valence-corrected chi connectivity index (χ0v) is 19.5. The molecular weight excluding hydrogens is 452 g/mol. The van der Waals surface area contributed by atoms with Crippen molar-refractivity contribution in [3.05, 3.63) is 87.8 Å². The Labute approximate surface area is 202 Å². The smallest absolute Gasteiger partial charge is 0.248 e. The van der Waals surface area contributed by atoms with Crippen molar-refractivity contribution in [3.63, 3.8) is 0 Å². The summed E-state index contributed by atoms with van der Waals surface area (Å²) < 4.78 is 12.5. The van der Waals surface area contributed by atoms with Gasteiger partial charge in [0.25, 0.3) is 0 Å². The molecule has 1 unspecified atom stereocenters. The number of allylic oxidation sites excluding steroid dienone is 1. The molecule has 2 aromatic heterocycles. The van der Waals surface area contributed by atoms with Crippen LogP contribution in [-0.2, 0) is 4.74 Å². The Morgan fingerprint density at radius 3 is 2.79 bits per heavy atom. The van der Waals surface area contributed by atoms with Crippen molar-refractivity contribution in [1.82, 2.24) is 9.97 Å². The molecule has 0 bridgehead atoms. The SMILES string of the molecule is CCOc1c(-c2cc[nH]c(=O)c2)c(-c2ccc(Cl)cn2)cc2c1C(OCC)C1=CC=NC=CN12. The maximum absolute atomic E-state index is 12.3. The molecule has 7 nitrogen and oxygen atoms in total. The molecule has 172 valence electrons. The maximum Gasteiger partial charge on any atom is 0.248 e. The Bertz CT molecular complexity index is 1380. The number of halogens is 1. The van der Waals surface area contributed by atoms with Gasteiger partial charge in [0.2, 0.25) is 5.56 Å². The molecular formula is C26H23ClN4O3. The van der Waals surface area contributed by atoms with Gasteiger partial charge in [-0.2, -0.15) is 0 Å². The normalized spacial score (nSPS) is 16.1. The summed E-state index contributed by atoms with van der Waals surface area (Å²) in [5, 5.41) is 0.543. The summed E-state index contributed by atoms with van der Waals surface area (Å²) in [6, 6.07) is 9.15. The summed E-state index contributed by atoms with van der Waals surface area (Å²) in [5.74, 6) is 0.662. The lowest BCUT2D eigenvalue weighted by atomic mass is 9.92. The molecule has 0 saturated heterocycles. The van der Waals surface area contributed by atoms with Gasteiger partial charge < -0.3 is 19.4 Å². The Kier molecular flexibility index (Phi) is 6.04. The third-order valence-corrected chi connectivity index (χ3v) is 5.91. The van der Waals surface area contributed by atoms with Crippen LogP contribution in [0, 0.1) is 0 Å². The zero-order valence-electron chi connectivity index (χ0n) is 18.8. The highest BCUT2D eigenvalue weighted by Gasteiger charge is 2.39. The Morgan fingerprint density at radius 1 is 1.18 bits per heavy atom. The van der Waals surface area contributed by atoms with E-state index in [0.29, 0.717) is 29.7 Å². The topological polar surface area (TPSA) is 79.8 Å². The Morgan fingerprint density at radius 2 is 2.06 bits per heavy atom. The minimum atomic E-state index is -0.358. The number of nitrogens with one attached hydrogen (secondary N) is 1. The summed E-state index contributed by atoms with van der Waals surface area (Å²) in [4.78, 5) is 25.9. The van der Waals surface area contributed by atoms with E-state index in [-0.39, 0.29) is 11.7 Å². The quantitative estimate of drug-likeness (QED) is 0.510. The van der Waals surface area contributed by atoms with Gasteiger partial charge in [0.15, 0.2) is 0 Å². The van der Waals surface area contributed by atoms with Crippen molar-refractivity contribution in [2.45, 2.75) is 20.0 Å². The summed E-state index contributed by atoms with van der Waals surface area (Å²) >= 11 is 6.13. The number of aliphatic imine (C=N–C) groups is 1. The fourth-order valence-electron chi connectivity index (χ4n) is 4.39. The average Bonchev–Trinajstić information content (AvgIpc) is 2.97. The highest BCUT2D eigenvalue weighted by atomic mass is 35.5. The number of anilines is 1. The van der Waals surface area contributed by atoms with Crippen LogP contribution >= 0.6 is 11.6 Å². The molecule has 0 saturated carbocycles. The van der Waals surface area contributed by atoms with E-state index >= 15 is 0 Å². The van der Waals surface area contributed by atoms with Crippen molar-refractivity contribution in [1.29, 1.82) is 0 Å². The first kappa shape index (κ1) is 22.1. The number of aromatic nitrogens is 2. The first-order chi connectivity index (χ1) is 16.6. The minimum Gasteiger partial charge on any atom is -0.493 e. The van der Waals surface area contributed by atoms with Crippen molar-refractivity contribution < 1.29 is 9.47 Å². The van der Waals surface area contributed by atoms with E-state index in [1.165, 1.54) is 0 Å². The van der Waals surface area contributed by atoms with Gasteiger partial charge in [-0.3, -0.25) is 14.8 Å². The molecule has 5 rings (SSSR count). The number of pyridine rings is 2. The van der Waals surface area contributed by atoms with Gasteiger partial charge in [-0.25, -0.2) is 0 Å². The van der Waals surface area contributed by atoms with Crippen LogP contribution in [0.3, 0.4) is 0 Å². The van der Waals surface area contributed by atoms with Gasteiger partial charge in [-0.15, -0.1) is 0 Å². The van der Waals surface area contributed by atoms with E-state index in [0.717, 1.165) is 33.6 Å². The second-order valence-corrected chi connectivity index (χ2v) is 8.13. The second kappa shape index (κ2) is 9.29. The number of benzene rings is 1. The fraction of sp³-hybridized carbons (Fsp3) is 0.192. The molecule has 0 spiro atoms. The number of ether oxygens (including phenoxy) is 2. The van der Waals surface area contributed by atoms with Crippen molar-refractivity contribution in [2.24, 2.45) is 4.99 Å². The van der Waals surface area contributed by atoms with Crippen LogP contribution in [0.1, 0.15) is 25.5 Å². The van der Waals surface area contributed by atoms with Gasteiger partial charge >= 0.3 is 0 Å². The van der Waals surface area contributed by atoms with Crippen LogP contribution < -0.4 is 15.2 Å². The lowest BCUT2D eigenvalue weighted by Gasteiger charge is -2.21. The summed E-state index contributed by atoms with van der Waals surface area (Å²) in [7, 11) is 0. The third kappa shape index (κ3) is 3.83.